The van der Waals surface area contributed by atoms with Crippen LogP contribution in [0.1, 0.15) is 11.1 Å². The first-order chi connectivity index (χ1) is 16.4. The number of thioether (sulfide) groups is 1. The van der Waals surface area contributed by atoms with Gasteiger partial charge in [-0.25, -0.2) is 13.6 Å². The molecule has 0 saturated carbocycles. The minimum absolute atomic E-state index is 0.0203. The van der Waals surface area contributed by atoms with Crippen molar-refractivity contribution in [2.24, 2.45) is 0 Å². The highest BCUT2D eigenvalue weighted by Crippen LogP contribution is 2.55. The molecule has 0 aromatic heterocycles. The van der Waals surface area contributed by atoms with Gasteiger partial charge in [0.05, 0.1) is 19.3 Å². The van der Waals surface area contributed by atoms with Crippen molar-refractivity contribution in [3.8, 4) is 5.75 Å². The Morgan fingerprint density at radius 3 is 2.71 bits per heavy atom. The molecule has 34 heavy (non-hydrogen) atoms. The Balaban J connectivity index is 1.56. The first-order valence-corrected chi connectivity index (χ1v) is 11.6. The third kappa shape index (κ3) is 3.56. The molecule has 3 aromatic rings. The number of carbonyl (C=O) groups is 2. The van der Waals surface area contributed by atoms with Gasteiger partial charge in [0.25, 0.3) is 5.91 Å². The van der Waals surface area contributed by atoms with E-state index in [2.05, 4.69) is 5.32 Å². The van der Waals surface area contributed by atoms with Crippen LogP contribution < -0.4 is 15.0 Å². The lowest BCUT2D eigenvalue weighted by molar-refractivity contribution is -0.123. The highest BCUT2D eigenvalue weighted by molar-refractivity contribution is 8.01. The molecule has 1 atom stereocenters. The summed E-state index contributed by atoms with van der Waals surface area (Å²) < 4.78 is 33.5. The summed E-state index contributed by atoms with van der Waals surface area (Å²) in [5.74, 6) is -0.169. The third-order valence-corrected chi connectivity index (χ3v) is 7.43. The second-order valence-electron chi connectivity index (χ2n) is 7.95. The summed E-state index contributed by atoms with van der Waals surface area (Å²) in [6, 6.07) is 16.6. The molecule has 6 nitrogen and oxygen atoms in total. The molecule has 3 aromatic carbocycles. The van der Waals surface area contributed by atoms with Crippen LogP contribution in [0.3, 0.4) is 0 Å². The van der Waals surface area contributed by atoms with Crippen molar-refractivity contribution < 1.29 is 23.1 Å². The summed E-state index contributed by atoms with van der Waals surface area (Å²) in [6.07, 6.45) is 0. The SMILES string of the molecule is COc1ccc2c(c1)C1(SCCN1C(=O)Nc1cccc(F)c1)C(=O)N2Cc1ccccc1F. The van der Waals surface area contributed by atoms with Crippen LogP contribution >= 0.6 is 11.8 Å². The molecule has 1 spiro atoms. The van der Waals surface area contributed by atoms with E-state index in [0.717, 1.165) is 0 Å². The molecule has 174 valence electrons. The highest BCUT2D eigenvalue weighted by atomic mass is 32.2. The van der Waals surface area contributed by atoms with Crippen molar-refractivity contribution in [3.63, 3.8) is 0 Å². The van der Waals surface area contributed by atoms with E-state index in [9.17, 15) is 18.4 Å². The van der Waals surface area contributed by atoms with Crippen molar-refractivity contribution in [2.45, 2.75) is 11.4 Å². The zero-order valence-electron chi connectivity index (χ0n) is 18.3. The number of carbonyl (C=O) groups excluding carboxylic acids is 2. The average Bonchev–Trinajstić information content (AvgIpc) is 3.37. The van der Waals surface area contributed by atoms with E-state index in [0.29, 0.717) is 34.9 Å². The molecule has 0 bridgehead atoms. The zero-order chi connectivity index (χ0) is 23.9. The van der Waals surface area contributed by atoms with Crippen LogP contribution in [0.15, 0.2) is 66.7 Å². The molecular formula is C25H21F2N3O3S. The zero-order valence-corrected chi connectivity index (χ0v) is 19.1. The smallest absolute Gasteiger partial charge is 0.323 e. The lowest BCUT2D eigenvalue weighted by Crippen LogP contribution is -2.51. The van der Waals surface area contributed by atoms with Crippen molar-refractivity contribution in [2.75, 3.05) is 29.6 Å². The molecule has 0 aliphatic carbocycles. The molecule has 1 unspecified atom stereocenters. The lowest BCUT2D eigenvalue weighted by atomic mass is 10.1. The maximum atomic E-state index is 14.4. The summed E-state index contributed by atoms with van der Waals surface area (Å²) in [4.78, 5) is 28.9. The first kappa shape index (κ1) is 22.2. The number of nitrogens with one attached hydrogen (secondary N) is 1. The van der Waals surface area contributed by atoms with Crippen LogP contribution in [0.2, 0.25) is 0 Å². The number of ether oxygens (including phenoxy) is 1. The quantitative estimate of drug-likeness (QED) is 0.573. The molecule has 1 saturated heterocycles. The van der Waals surface area contributed by atoms with Gasteiger partial charge < -0.3 is 15.0 Å². The van der Waals surface area contributed by atoms with Gasteiger partial charge in [0, 0.05) is 29.1 Å². The van der Waals surface area contributed by atoms with Crippen LogP contribution in [0, 0.1) is 11.6 Å². The van der Waals surface area contributed by atoms with Gasteiger partial charge in [0.1, 0.15) is 17.4 Å². The standard InChI is InChI=1S/C25H21F2N3O3S/c1-33-19-9-10-22-20(14-19)25(23(31)29(22)15-16-5-2-3-8-21(16)27)30(11-12-34-25)24(32)28-18-7-4-6-17(26)13-18/h2-10,13-14H,11-12,15H2,1H3,(H,28,32). The maximum Gasteiger partial charge on any atom is 0.323 e. The van der Waals surface area contributed by atoms with Crippen molar-refractivity contribution in [1.29, 1.82) is 0 Å². The molecule has 2 aliphatic rings. The molecule has 9 heteroatoms. The Bertz CT molecular complexity index is 1290. The van der Waals surface area contributed by atoms with Crippen LogP contribution in [-0.2, 0) is 16.2 Å². The van der Waals surface area contributed by atoms with Gasteiger partial charge in [-0.05, 0) is 42.5 Å². The Kier molecular flexibility index (Phi) is 5.65. The van der Waals surface area contributed by atoms with Gasteiger partial charge in [0.15, 0.2) is 4.87 Å². The number of benzene rings is 3. The number of amides is 3. The Morgan fingerprint density at radius 2 is 1.94 bits per heavy atom. The van der Waals surface area contributed by atoms with E-state index < -0.39 is 22.5 Å². The normalized spacial score (nSPS) is 19.0. The number of nitrogens with zero attached hydrogens (tertiary/aromatic N) is 2. The molecule has 3 amide bonds. The Morgan fingerprint density at radius 1 is 1.12 bits per heavy atom. The molecule has 5 rings (SSSR count). The maximum absolute atomic E-state index is 14.4. The molecule has 0 radical (unpaired) electrons. The fourth-order valence-corrected chi connectivity index (χ4v) is 5.88. The van der Waals surface area contributed by atoms with E-state index in [1.54, 1.807) is 42.5 Å². The number of hydrogen-bond acceptors (Lipinski definition) is 4. The summed E-state index contributed by atoms with van der Waals surface area (Å²) in [7, 11) is 1.53. The van der Waals surface area contributed by atoms with Gasteiger partial charge in [-0.3, -0.25) is 9.69 Å². The van der Waals surface area contributed by atoms with Crippen LogP contribution in [0.4, 0.5) is 25.0 Å². The second kappa shape index (κ2) is 8.64. The molecule has 2 aliphatic heterocycles. The fraction of sp³-hybridized carbons (Fsp3) is 0.200. The molecular weight excluding hydrogens is 460 g/mol. The number of anilines is 2. The van der Waals surface area contributed by atoms with Gasteiger partial charge in [-0.1, -0.05) is 24.3 Å². The van der Waals surface area contributed by atoms with Crippen molar-refractivity contribution in [3.05, 3.63) is 89.5 Å². The first-order valence-electron chi connectivity index (χ1n) is 10.7. The van der Waals surface area contributed by atoms with Gasteiger partial charge in [0.2, 0.25) is 0 Å². The minimum atomic E-state index is -1.34. The summed E-state index contributed by atoms with van der Waals surface area (Å²) in [5.41, 5.74) is 1.85. The van der Waals surface area contributed by atoms with E-state index in [-0.39, 0.29) is 18.1 Å². The molecule has 2 heterocycles. The number of fused-ring (bicyclic) bond motifs is 2. The van der Waals surface area contributed by atoms with Gasteiger partial charge >= 0.3 is 6.03 Å². The number of rotatable bonds is 4. The van der Waals surface area contributed by atoms with E-state index in [1.807, 2.05) is 0 Å². The summed E-state index contributed by atoms with van der Waals surface area (Å²) in [5, 5.41) is 2.70. The topological polar surface area (TPSA) is 61.9 Å². The minimum Gasteiger partial charge on any atom is -0.497 e. The highest BCUT2D eigenvalue weighted by Gasteiger charge is 2.59. The van der Waals surface area contributed by atoms with Crippen LogP contribution in [0.25, 0.3) is 0 Å². The van der Waals surface area contributed by atoms with Gasteiger partial charge in [-0.15, -0.1) is 11.8 Å². The lowest BCUT2D eigenvalue weighted by Gasteiger charge is -2.33. The molecule has 1 N–H and O–H groups in total. The van der Waals surface area contributed by atoms with Crippen molar-refractivity contribution in [1.82, 2.24) is 4.90 Å². The predicted octanol–water partition coefficient (Wildman–Crippen LogP) is 4.95. The Hall–Kier alpha value is -3.59. The van der Waals surface area contributed by atoms with E-state index in [4.69, 9.17) is 4.74 Å². The van der Waals surface area contributed by atoms with E-state index in [1.165, 1.54) is 52.9 Å². The number of urea groups is 1. The summed E-state index contributed by atoms with van der Waals surface area (Å²) >= 11 is 1.34. The van der Waals surface area contributed by atoms with Gasteiger partial charge in [-0.2, -0.15) is 0 Å². The predicted molar refractivity (Wildman–Crippen MR) is 127 cm³/mol. The summed E-state index contributed by atoms with van der Waals surface area (Å²) in [6.45, 7) is 0.328. The number of methoxy groups -OCH3 is 1. The largest absolute Gasteiger partial charge is 0.497 e. The monoisotopic (exact) mass is 481 g/mol. The van der Waals surface area contributed by atoms with Crippen LogP contribution in [0.5, 0.6) is 5.75 Å². The fourth-order valence-electron chi connectivity index (χ4n) is 4.43. The van der Waals surface area contributed by atoms with Crippen LogP contribution in [-0.4, -0.2) is 36.2 Å². The number of halogens is 2. The van der Waals surface area contributed by atoms with Crippen molar-refractivity contribution >= 4 is 35.1 Å². The molecule has 1 fully saturated rings. The van der Waals surface area contributed by atoms with E-state index >= 15 is 0 Å². The third-order valence-electron chi connectivity index (χ3n) is 6.01. The average molecular weight is 482 g/mol. The number of hydrogen-bond donors (Lipinski definition) is 1. The second-order valence-corrected chi connectivity index (χ2v) is 9.24. The Labute approximate surface area is 199 Å².